The fourth-order valence-corrected chi connectivity index (χ4v) is 4.91. The molecule has 9 N–H and O–H groups in total. The van der Waals surface area contributed by atoms with Gasteiger partial charge in [-0.1, -0.05) is 36.4 Å². The van der Waals surface area contributed by atoms with Crippen LogP contribution in [0.3, 0.4) is 0 Å². The van der Waals surface area contributed by atoms with Gasteiger partial charge in [-0.05, 0) is 23.3 Å². The van der Waals surface area contributed by atoms with Crippen LogP contribution in [0.25, 0.3) is 21.8 Å². The number of amides is 3. The fraction of sp³-hybridized carbons (Fsp3) is 0.276. The predicted molar refractivity (Wildman–Crippen MR) is 162 cm³/mol. The lowest BCUT2D eigenvalue weighted by Crippen LogP contribution is -2.58. The molecule has 0 saturated carbocycles. The van der Waals surface area contributed by atoms with Crippen molar-refractivity contribution in [3.63, 3.8) is 0 Å². The highest BCUT2D eigenvalue weighted by Crippen LogP contribution is 2.21. The third kappa shape index (κ3) is 7.72. The van der Waals surface area contributed by atoms with Crippen LogP contribution in [0.1, 0.15) is 17.5 Å². The van der Waals surface area contributed by atoms with E-state index in [0.29, 0.717) is 5.56 Å². The van der Waals surface area contributed by atoms with Crippen LogP contribution in [0.5, 0.6) is 0 Å². The molecular formula is C29H32N6O7S. The van der Waals surface area contributed by atoms with Crippen molar-refractivity contribution in [1.29, 1.82) is 0 Å². The molecule has 0 spiro atoms. The normalized spacial score (nSPS) is 14.0. The highest BCUT2D eigenvalue weighted by atomic mass is 32.1. The smallest absolute Gasteiger partial charge is 0.326 e. The predicted octanol–water partition coefficient (Wildman–Crippen LogP) is 0.705. The monoisotopic (exact) mass is 608 g/mol. The highest BCUT2D eigenvalue weighted by Gasteiger charge is 2.32. The second-order valence-electron chi connectivity index (χ2n) is 10.0. The number of carbonyl (C=O) groups is 5. The van der Waals surface area contributed by atoms with E-state index in [1.807, 2.05) is 42.5 Å². The van der Waals surface area contributed by atoms with Gasteiger partial charge in [-0.25, -0.2) is 4.79 Å². The number of nitrogens with one attached hydrogen (secondary N) is 5. The SMILES string of the molecule is NC(CS)C(=O)NC(Cc1c[nH]c2ccccc12)C(=O)NC(Cc1c[nH]c2ccccc12)C(=O)NC(CC(=O)O)C(=O)O. The Hall–Kier alpha value is -4.82. The number of aliphatic carboxylic acids is 2. The van der Waals surface area contributed by atoms with Gasteiger partial charge in [0.1, 0.15) is 18.1 Å². The van der Waals surface area contributed by atoms with Crippen molar-refractivity contribution in [3.05, 3.63) is 72.1 Å². The molecule has 4 aromatic rings. The van der Waals surface area contributed by atoms with Crippen LogP contribution in [-0.2, 0) is 36.8 Å². The molecule has 0 bridgehead atoms. The number of carbonyl (C=O) groups excluding carboxylic acids is 3. The summed E-state index contributed by atoms with van der Waals surface area (Å²) in [5.41, 5.74) is 8.82. The van der Waals surface area contributed by atoms with Gasteiger partial charge in [0.2, 0.25) is 17.7 Å². The van der Waals surface area contributed by atoms with Crippen molar-refractivity contribution in [2.75, 3.05) is 5.75 Å². The number of nitrogens with two attached hydrogens (primary N) is 1. The van der Waals surface area contributed by atoms with E-state index in [1.54, 1.807) is 18.5 Å². The van der Waals surface area contributed by atoms with Crippen molar-refractivity contribution >= 4 is 64.1 Å². The van der Waals surface area contributed by atoms with Crippen LogP contribution < -0.4 is 21.7 Å². The summed E-state index contributed by atoms with van der Waals surface area (Å²) >= 11 is 4.06. The van der Waals surface area contributed by atoms with Crippen LogP contribution in [0.15, 0.2) is 60.9 Å². The Labute approximate surface area is 251 Å². The first kappa shape index (κ1) is 31.1. The Kier molecular flexibility index (Phi) is 10.1. The Morgan fingerprint density at radius 1 is 0.721 bits per heavy atom. The van der Waals surface area contributed by atoms with Crippen LogP contribution in [0.2, 0.25) is 0 Å². The molecule has 4 rings (SSSR count). The van der Waals surface area contributed by atoms with E-state index in [0.717, 1.165) is 27.4 Å². The molecule has 13 nitrogen and oxygen atoms in total. The lowest BCUT2D eigenvalue weighted by molar-refractivity contribution is -0.147. The van der Waals surface area contributed by atoms with Gasteiger partial charge in [0.25, 0.3) is 0 Å². The number of H-pyrrole nitrogens is 2. The maximum atomic E-state index is 13.8. The van der Waals surface area contributed by atoms with Crippen molar-refractivity contribution in [2.24, 2.45) is 5.73 Å². The van der Waals surface area contributed by atoms with Gasteiger partial charge in [0, 0.05) is 52.8 Å². The molecule has 0 aliphatic rings. The molecular weight excluding hydrogens is 576 g/mol. The molecule has 43 heavy (non-hydrogen) atoms. The Morgan fingerprint density at radius 3 is 1.60 bits per heavy atom. The third-order valence-electron chi connectivity index (χ3n) is 6.99. The number of carboxylic acid groups (broad SMARTS) is 2. The molecule has 2 heterocycles. The second-order valence-corrected chi connectivity index (χ2v) is 10.4. The zero-order chi connectivity index (χ0) is 31.1. The van der Waals surface area contributed by atoms with Crippen molar-refractivity contribution in [3.8, 4) is 0 Å². The summed E-state index contributed by atoms with van der Waals surface area (Å²) in [6.45, 7) is 0. The standard InChI is InChI=1S/C29H32N6O7S/c30-19(14-43)26(38)33-22(9-15-12-31-20-7-3-1-5-17(15)20)27(39)34-23(28(40)35-24(29(41)42)11-25(36)37)10-16-13-32-21-8-4-2-6-18(16)21/h1-8,12-13,19,22-24,31-32,43H,9-11,14,30H2,(H,33,38)(H,34,39)(H,35,40)(H,36,37)(H,41,42). The lowest BCUT2D eigenvalue weighted by atomic mass is 10.0. The maximum Gasteiger partial charge on any atom is 0.326 e. The first-order valence-electron chi connectivity index (χ1n) is 13.4. The largest absolute Gasteiger partial charge is 0.481 e. The number of hydrogen-bond acceptors (Lipinski definition) is 7. The van der Waals surface area contributed by atoms with Crippen LogP contribution in [0, 0.1) is 0 Å². The van der Waals surface area contributed by atoms with Crippen LogP contribution in [-0.4, -0.2) is 79.8 Å². The van der Waals surface area contributed by atoms with E-state index >= 15 is 0 Å². The highest BCUT2D eigenvalue weighted by molar-refractivity contribution is 7.80. The number of thiol groups is 1. The summed E-state index contributed by atoms with van der Waals surface area (Å²) in [5.74, 6) is -5.20. The van der Waals surface area contributed by atoms with E-state index < -0.39 is 60.2 Å². The molecule has 14 heteroatoms. The number of rotatable bonds is 14. The number of para-hydroxylation sites is 2. The number of aromatic amines is 2. The summed E-state index contributed by atoms with van der Waals surface area (Å²) in [7, 11) is 0. The first-order chi connectivity index (χ1) is 20.6. The minimum absolute atomic E-state index is 0.0268. The van der Waals surface area contributed by atoms with Gasteiger partial charge in [-0.15, -0.1) is 0 Å². The van der Waals surface area contributed by atoms with Crippen molar-refractivity contribution in [1.82, 2.24) is 25.9 Å². The second kappa shape index (κ2) is 13.9. The molecule has 4 atom stereocenters. The molecule has 2 aromatic carbocycles. The summed E-state index contributed by atoms with van der Waals surface area (Å²) in [6, 6.07) is 9.45. The molecule has 226 valence electrons. The number of benzene rings is 2. The van der Waals surface area contributed by atoms with Crippen molar-refractivity contribution < 1.29 is 34.2 Å². The summed E-state index contributed by atoms with van der Waals surface area (Å²) in [6.07, 6.45) is 2.49. The summed E-state index contributed by atoms with van der Waals surface area (Å²) in [5, 5.41) is 27.7. The van der Waals surface area contributed by atoms with Gasteiger partial charge >= 0.3 is 11.9 Å². The first-order valence-corrected chi connectivity index (χ1v) is 14.0. The topological polar surface area (TPSA) is 219 Å². The molecule has 0 aliphatic carbocycles. The fourth-order valence-electron chi connectivity index (χ4n) is 4.74. The molecule has 3 amide bonds. The Morgan fingerprint density at radius 2 is 1.16 bits per heavy atom. The van der Waals surface area contributed by atoms with E-state index in [2.05, 4.69) is 38.5 Å². The Bertz CT molecular complexity index is 1650. The van der Waals surface area contributed by atoms with Crippen LogP contribution >= 0.6 is 12.6 Å². The van der Waals surface area contributed by atoms with E-state index in [9.17, 15) is 29.1 Å². The molecule has 2 aromatic heterocycles. The number of fused-ring (bicyclic) bond motifs is 2. The molecule has 0 fully saturated rings. The lowest BCUT2D eigenvalue weighted by Gasteiger charge is -2.25. The molecule has 0 saturated heterocycles. The van der Waals surface area contributed by atoms with E-state index in [-0.39, 0.29) is 18.6 Å². The number of aromatic nitrogens is 2. The molecule has 0 radical (unpaired) electrons. The summed E-state index contributed by atoms with van der Waals surface area (Å²) in [4.78, 5) is 69.0. The van der Waals surface area contributed by atoms with E-state index in [4.69, 9.17) is 10.8 Å². The number of carboxylic acids is 2. The number of hydrogen-bond donors (Lipinski definition) is 9. The van der Waals surface area contributed by atoms with Gasteiger partial charge in [0.15, 0.2) is 0 Å². The zero-order valence-electron chi connectivity index (χ0n) is 22.9. The van der Waals surface area contributed by atoms with Gasteiger partial charge in [-0.3, -0.25) is 19.2 Å². The quantitative estimate of drug-likeness (QED) is 0.0926. The van der Waals surface area contributed by atoms with Gasteiger partial charge in [0.05, 0.1) is 12.5 Å². The van der Waals surface area contributed by atoms with Crippen molar-refractivity contribution in [2.45, 2.75) is 43.4 Å². The molecule has 4 unspecified atom stereocenters. The average molecular weight is 609 g/mol. The third-order valence-corrected chi connectivity index (χ3v) is 7.38. The van der Waals surface area contributed by atoms with Gasteiger partial charge in [-0.2, -0.15) is 12.6 Å². The summed E-state index contributed by atoms with van der Waals surface area (Å²) < 4.78 is 0. The zero-order valence-corrected chi connectivity index (χ0v) is 23.8. The maximum absolute atomic E-state index is 13.8. The Balaban J connectivity index is 1.64. The minimum atomic E-state index is -1.73. The van der Waals surface area contributed by atoms with Gasteiger partial charge < -0.3 is 41.9 Å². The van der Waals surface area contributed by atoms with E-state index in [1.165, 1.54) is 0 Å². The minimum Gasteiger partial charge on any atom is -0.481 e. The van der Waals surface area contributed by atoms with Crippen LogP contribution in [0.4, 0.5) is 0 Å². The molecule has 0 aliphatic heterocycles. The average Bonchev–Trinajstić information content (AvgIpc) is 3.59.